The third-order valence-corrected chi connectivity index (χ3v) is 0.411. The summed E-state index contributed by atoms with van der Waals surface area (Å²) in [7, 11) is 0. The van der Waals surface area contributed by atoms with E-state index in [9.17, 15) is 9.59 Å². The molecule has 0 aliphatic rings. The largest absolute Gasteiger partial charge is 0.504 e. The van der Waals surface area contributed by atoms with E-state index in [4.69, 9.17) is 5.11 Å². The molecule has 0 saturated heterocycles. The van der Waals surface area contributed by atoms with Crippen LogP contribution in [0.3, 0.4) is 0 Å². The van der Waals surface area contributed by atoms with Crippen LogP contribution in [0.15, 0.2) is 11.8 Å². The van der Waals surface area contributed by atoms with Crippen LogP contribution in [0.5, 0.6) is 0 Å². The Morgan fingerprint density at radius 1 is 1.62 bits per heavy atom. The fourth-order valence-corrected chi connectivity index (χ4v) is 0.180. The molecule has 0 spiro atoms. The zero-order valence-corrected chi connectivity index (χ0v) is 4.00. The van der Waals surface area contributed by atoms with Crippen LogP contribution < -0.4 is 5.73 Å². The summed E-state index contributed by atoms with van der Waals surface area (Å²) in [6, 6.07) is 0. The van der Waals surface area contributed by atoms with Gasteiger partial charge in [0.25, 0.3) is 0 Å². The van der Waals surface area contributed by atoms with Crippen LogP contribution in [-0.2, 0) is 9.59 Å². The predicted molar refractivity (Wildman–Crippen MR) is 26.0 cm³/mol. The molecule has 0 rings (SSSR count). The average Bonchev–Trinajstić information content (AvgIpc) is 1.65. The number of hydrogen-bond donors (Lipinski definition) is 2. The fraction of sp³-hybridized carbons (Fsp3) is 0. The summed E-state index contributed by atoms with van der Waals surface area (Å²) in [5.74, 6) is -1.49. The van der Waals surface area contributed by atoms with Gasteiger partial charge in [-0.2, -0.15) is 0 Å². The monoisotopic (exact) mass is 115 g/mol. The highest BCUT2D eigenvalue weighted by molar-refractivity contribution is 5.90. The van der Waals surface area contributed by atoms with Crippen molar-refractivity contribution < 1.29 is 14.7 Å². The van der Waals surface area contributed by atoms with Crippen molar-refractivity contribution in [2.75, 3.05) is 0 Å². The lowest BCUT2D eigenvalue weighted by atomic mass is 10.5. The van der Waals surface area contributed by atoms with Gasteiger partial charge in [0.15, 0.2) is 12.0 Å². The van der Waals surface area contributed by atoms with Gasteiger partial charge in [0.05, 0.1) is 0 Å². The number of carbonyl (C=O) groups is 2. The van der Waals surface area contributed by atoms with Crippen LogP contribution in [0.25, 0.3) is 0 Å². The first kappa shape index (κ1) is 6.68. The van der Waals surface area contributed by atoms with Crippen LogP contribution in [0.4, 0.5) is 0 Å². The first-order valence-electron chi connectivity index (χ1n) is 1.82. The Morgan fingerprint density at radius 2 is 2.12 bits per heavy atom. The predicted octanol–water partition coefficient (Wildman–Crippen LogP) is -0.887. The zero-order valence-electron chi connectivity index (χ0n) is 4.00. The topological polar surface area (TPSA) is 80.4 Å². The summed E-state index contributed by atoms with van der Waals surface area (Å²) in [6.45, 7) is 0. The number of hydrogen-bond acceptors (Lipinski definition) is 3. The highest BCUT2D eigenvalue weighted by Crippen LogP contribution is 1.76. The van der Waals surface area contributed by atoms with Crippen LogP contribution in [-0.4, -0.2) is 17.3 Å². The normalized spacial score (nSPS) is 10.8. The molecule has 0 aromatic heterocycles. The van der Waals surface area contributed by atoms with Crippen molar-refractivity contribution in [1.29, 1.82) is 0 Å². The van der Waals surface area contributed by atoms with Gasteiger partial charge in [-0.15, -0.1) is 0 Å². The van der Waals surface area contributed by atoms with Crippen molar-refractivity contribution in [3.05, 3.63) is 11.8 Å². The van der Waals surface area contributed by atoms with Crippen LogP contribution in [0.1, 0.15) is 0 Å². The van der Waals surface area contributed by atoms with Gasteiger partial charge in [0, 0.05) is 6.08 Å². The molecule has 3 N–H and O–H groups in total. The molecule has 0 radical (unpaired) electrons. The molecule has 0 atom stereocenters. The summed E-state index contributed by atoms with van der Waals surface area (Å²) < 4.78 is 0. The summed E-state index contributed by atoms with van der Waals surface area (Å²) in [5, 5.41) is 8.22. The Labute approximate surface area is 45.6 Å². The average molecular weight is 115 g/mol. The van der Waals surface area contributed by atoms with Gasteiger partial charge in [0.1, 0.15) is 0 Å². The lowest BCUT2D eigenvalue weighted by molar-refractivity contribution is -0.114. The van der Waals surface area contributed by atoms with Gasteiger partial charge in [-0.25, -0.2) is 0 Å². The van der Waals surface area contributed by atoms with E-state index in [1.54, 1.807) is 0 Å². The molecular weight excluding hydrogens is 110 g/mol. The summed E-state index contributed by atoms with van der Waals surface area (Å²) >= 11 is 0. The van der Waals surface area contributed by atoms with Crippen LogP contribution in [0, 0.1) is 0 Å². The van der Waals surface area contributed by atoms with Gasteiger partial charge >= 0.3 is 0 Å². The molecule has 0 unspecified atom stereocenters. The Kier molecular flexibility index (Phi) is 2.33. The minimum atomic E-state index is -0.838. The van der Waals surface area contributed by atoms with E-state index in [1.807, 2.05) is 0 Å². The Morgan fingerprint density at radius 3 is 2.25 bits per heavy atom. The van der Waals surface area contributed by atoms with Crippen molar-refractivity contribution >= 4 is 12.2 Å². The SMILES string of the molecule is NC(=O)/C=C(\O)C=O. The molecule has 0 saturated carbocycles. The summed E-state index contributed by atoms with van der Waals surface area (Å²) in [6.07, 6.45) is 0.762. The molecule has 0 heterocycles. The number of aliphatic hydroxyl groups excluding tert-OH is 1. The van der Waals surface area contributed by atoms with E-state index in [0.29, 0.717) is 6.08 Å². The lowest BCUT2D eigenvalue weighted by Crippen LogP contribution is -2.07. The number of nitrogens with two attached hydrogens (primary N) is 1. The number of carbonyl (C=O) groups excluding carboxylic acids is 2. The van der Waals surface area contributed by atoms with E-state index in [0.717, 1.165) is 0 Å². The van der Waals surface area contributed by atoms with Crippen molar-refractivity contribution in [2.24, 2.45) is 5.73 Å². The standard InChI is InChI=1S/C4H5NO3/c5-4(8)1-3(7)2-6/h1-2,7H,(H2,5,8)/b3-1-. The third-order valence-electron chi connectivity index (χ3n) is 0.411. The van der Waals surface area contributed by atoms with E-state index in [1.165, 1.54) is 0 Å². The Bertz CT molecular complexity index is 138. The lowest BCUT2D eigenvalue weighted by Gasteiger charge is -1.80. The van der Waals surface area contributed by atoms with Crippen molar-refractivity contribution in [1.82, 2.24) is 0 Å². The first-order chi connectivity index (χ1) is 3.66. The minimum absolute atomic E-state index is 0.130. The molecule has 0 aromatic carbocycles. The van der Waals surface area contributed by atoms with Gasteiger partial charge < -0.3 is 10.8 Å². The highest BCUT2D eigenvalue weighted by atomic mass is 16.3. The zero-order chi connectivity index (χ0) is 6.57. The molecule has 44 valence electrons. The molecule has 0 aromatic rings. The summed E-state index contributed by atoms with van der Waals surface area (Å²) in [4.78, 5) is 19.3. The first-order valence-corrected chi connectivity index (χ1v) is 1.82. The van der Waals surface area contributed by atoms with Gasteiger partial charge in [0.2, 0.25) is 5.91 Å². The maximum Gasteiger partial charge on any atom is 0.245 e. The maximum absolute atomic E-state index is 9.80. The van der Waals surface area contributed by atoms with Gasteiger partial charge in [-0.3, -0.25) is 9.59 Å². The number of rotatable bonds is 2. The molecule has 0 aliphatic heterocycles. The van der Waals surface area contributed by atoms with Crippen LogP contribution in [0.2, 0.25) is 0 Å². The number of primary amides is 1. The molecule has 0 bridgehead atoms. The smallest absolute Gasteiger partial charge is 0.245 e. The Hall–Kier alpha value is -1.32. The Balaban J connectivity index is 3.94. The molecule has 4 nitrogen and oxygen atoms in total. The van der Waals surface area contributed by atoms with Crippen molar-refractivity contribution in [2.45, 2.75) is 0 Å². The highest BCUT2D eigenvalue weighted by Gasteiger charge is 1.89. The van der Waals surface area contributed by atoms with E-state index < -0.39 is 11.7 Å². The summed E-state index contributed by atoms with van der Waals surface area (Å²) in [5.41, 5.74) is 4.53. The molecule has 4 heteroatoms. The molecule has 0 aliphatic carbocycles. The number of aliphatic hydroxyl groups is 1. The van der Waals surface area contributed by atoms with Crippen molar-refractivity contribution in [3.63, 3.8) is 0 Å². The number of allylic oxidation sites excluding steroid dienone is 1. The van der Waals surface area contributed by atoms with Gasteiger partial charge in [-0.1, -0.05) is 0 Å². The second-order valence-electron chi connectivity index (χ2n) is 1.09. The molecular formula is C4H5NO3. The van der Waals surface area contributed by atoms with Gasteiger partial charge in [-0.05, 0) is 0 Å². The number of amides is 1. The molecule has 8 heavy (non-hydrogen) atoms. The van der Waals surface area contributed by atoms with E-state index >= 15 is 0 Å². The maximum atomic E-state index is 9.80. The van der Waals surface area contributed by atoms with E-state index in [2.05, 4.69) is 5.73 Å². The van der Waals surface area contributed by atoms with Crippen molar-refractivity contribution in [3.8, 4) is 0 Å². The van der Waals surface area contributed by atoms with Crippen LogP contribution >= 0.6 is 0 Å². The molecule has 0 fully saturated rings. The quantitative estimate of drug-likeness (QED) is 0.278. The van der Waals surface area contributed by atoms with E-state index in [-0.39, 0.29) is 6.29 Å². The third kappa shape index (κ3) is 2.89. The second kappa shape index (κ2) is 2.79. The fourth-order valence-electron chi connectivity index (χ4n) is 0.180. The number of aldehydes is 1. The molecule has 1 amide bonds. The minimum Gasteiger partial charge on any atom is -0.504 e. The second-order valence-corrected chi connectivity index (χ2v) is 1.09.